The molecule has 0 aromatic carbocycles. The summed E-state index contributed by atoms with van der Waals surface area (Å²) >= 11 is 0. The highest BCUT2D eigenvalue weighted by Gasteiger charge is 2.16. The Kier molecular flexibility index (Phi) is 2.68. The average Bonchev–Trinajstić information content (AvgIpc) is 2.68. The van der Waals surface area contributed by atoms with Crippen LogP contribution in [0.3, 0.4) is 0 Å². The van der Waals surface area contributed by atoms with Crippen LogP contribution in [0.4, 0.5) is 0 Å². The number of rotatable bonds is 2. The minimum atomic E-state index is 0.511. The molecule has 1 aliphatic rings. The minimum absolute atomic E-state index is 0.511. The lowest BCUT2D eigenvalue weighted by Crippen LogP contribution is -2.19. The Hall–Kier alpha value is -1.09. The van der Waals surface area contributed by atoms with E-state index in [1.807, 2.05) is 17.8 Å². The van der Waals surface area contributed by atoms with Crippen LogP contribution >= 0.6 is 0 Å². The summed E-state index contributed by atoms with van der Waals surface area (Å²) in [7, 11) is 0. The monoisotopic (exact) mass is 192 g/mol. The van der Waals surface area contributed by atoms with Gasteiger partial charge in [-0.15, -0.1) is 0 Å². The number of nitrogens with zero attached hydrogens (tertiary/aromatic N) is 2. The van der Waals surface area contributed by atoms with Crippen molar-refractivity contribution in [2.75, 3.05) is 13.2 Å². The highest BCUT2D eigenvalue weighted by Crippen LogP contribution is 2.21. The van der Waals surface area contributed by atoms with Crippen molar-refractivity contribution in [3.05, 3.63) is 24.5 Å². The van der Waals surface area contributed by atoms with Crippen LogP contribution in [-0.2, 0) is 4.74 Å². The summed E-state index contributed by atoms with van der Waals surface area (Å²) in [5.74, 6) is 0. The lowest BCUT2D eigenvalue weighted by atomic mass is 10.1. The molecule has 0 saturated carbocycles. The van der Waals surface area contributed by atoms with Crippen LogP contribution in [0.25, 0.3) is 5.57 Å². The van der Waals surface area contributed by atoms with Crippen LogP contribution in [0.15, 0.2) is 19.0 Å². The maximum absolute atomic E-state index is 5.32. The van der Waals surface area contributed by atoms with Crippen molar-refractivity contribution in [2.24, 2.45) is 0 Å². The fourth-order valence-corrected chi connectivity index (χ4v) is 1.71. The lowest BCUT2D eigenvalue weighted by molar-refractivity contribution is 0.0662. The number of ether oxygens (including phenoxy) is 1. The molecular weight excluding hydrogens is 176 g/mol. The molecule has 1 aromatic heterocycles. The van der Waals surface area contributed by atoms with E-state index < -0.39 is 0 Å². The Morgan fingerprint density at radius 2 is 2.29 bits per heavy atom. The second-order valence-electron chi connectivity index (χ2n) is 3.83. The topological polar surface area (TPSA) is 27.1 Å². The molecule has 0 atom stereocenters. The van der Waals surface area contributed by atoms with Crippen molar-refractivity contribution in [3.8, 4) is 0 Å². The zero-order valence-corrected chi connectivity index (χ0v) is 8.57. The maximum atomic E-state index is 5.32. The minimum Gasteiger partial charge on any atom is -0.381 e. The molecule has 0 amide bonds. The first-order chi connectivity index (χ1) is 6.77. The number of hydrogen-bond acceptors (Lipinski definition) is 2. The first-order valence-electron chi connectivity index (χ1n) is 5.05. The van der Waals surface area contributed by atoms with Gasteiger partial charge in [0.25, 0.3) is 0 Å². The number of allylic oxidation sites excluding steroid dienone is 1. The van der Waals surface area contributed by atoms with Crippen molar-refractivity contribution < 1.29 is 4.74 Å². The Bertz CT molecular complexity index is 324. The predicted octanol–water partition coefficient (Wildman–Crippen LogP) is 2.27. The van der Waals surface area contributed by atoms with Gasteiger partial charge in [0.05, 0.1) is 12.2 Å². The summed E-state index contributed by atoms with van der Waals surface area (Å²) in [6.45, 7) is 7.62. The van der Waals surface area contributed by atoms with Gasteiger partial charge in [0.1, 0.15) is 0 Å². The SMILES string of the molecule is C=C(C)c1cnn(C2CCOCC2)c1. The Balaban J connectivity index is 2.11. The molecule has 0 bridgehead atoms. The van der Waals surface area contributed by atoms with E-state index in [1.165, 1.54) is 0 Å². The Labute approximate surface area is 84.4 Å². The summed E-state index contributed by atoms with van der Waals surface area (Å²) in [6.07, 6.45) is 6.10. The third-order valence-corrected chi connectivity index (χ3v) is 2.66. The number of aromatic nitrogens is 2. The summed E-state index contributed by atoms with van der Waals surface area (Å²) < 4.78 is 7.36. The van der Waals surface area contributed by atoms with Gasteiger partial charge in [-0.1, -0.05) is 6.58 Å². The molecule has 0 spiro atoms. The fourth-order valence-electron chi connectivity index (χ4n) is 1.71. The quantitative estimate of drug-likeness (QED) is 0.718. The van der Waals surface area contributed by atoms with Crippen molar-refractivity contribution in [1.29, 1.82) is 0 Å². The Morgan fingerprint density at radius 3 is 2.86 bits per heavy atom. The van der Waals surface area contributed by atoms with E-state index in [2.05, 4.69) is 17.9 Å². The molecule has 14 heavy (non-hydrogen) atoms. The van der Waals surface area contributed by atoms with E-state index in [-0.39, 0.29) is 0 Å². The molecule has 0 aliphatic carbocycles. The molecule has 1 fully saturated rings. The second-order valence-corrected chi connectivity index (χ2v) is 3.83. The summed E-state index contributed by atoms with van der Waals surface area (Å²) in [5.41, 5.74) is 2.21. The zero-order valence-electron chi connectivity index (χ0n) is 8.57. The van der Waals surface area contributed by atoms with Crippen LogP contribution in [0, 0.1) is 0 Å². The van der Waals surface area contributed by atoms with E-state index in [9.17, 15) is 0 Å². The van der Waals surface area contributed by atoms with E-state index in [0.29, 0.717) is 6.04 Å². The normalized spacial score (nSPS) is 18.4. The second kappa shape index (κ2) is 3.96. The zero-order chi connectivity index (χ0) is 9.97. The van der Waals surface area contributed by atoms with Gasteiger partial charge in [-0.25, -0.2) is 0 Å². The van der Waals surface area contributed by atoms with Crippen LogP contribution in [0.5, 0.6) is 0 Å². The molecule has 2 heterocycles. The molecule has 1 aliphatic heterocycles. The Morgan fingerprint density at radius 1 is 1.57 bits per heavy atom. The van der Waals surface area contributed by atoms with Crippen molar-refractivity contribution in [1.82, 2.24) is 9.78 Å². The standard InChI is InChI=1S/C11H16N2O/c1-9(2)10-7-12-13(8-10)11-3-5-14-6-4-11/h7-8,11H,1,3-6H2,2H3. The van der Waals surface area contributed by atoms with Crippen LogP contribution in [0.2, 0.25) is 0 Å². The highest BCUT2D eigenvalue weighted by atomic mass is 16.5. The van der Waals surface area contributed by atoms with Crippen LogP contribution < -0.4 is 0 Å². The summed E-state index contributed by atoms with van der Waals surface area (Å²) in [5, 5.41) is 4.36. The summed E-state index contributed by atoms with van der Waals surface area (Å²) in [6, 6.07) is 0.511. The van der Waals surface area contributed by atoms with Gasteiger partial charge in [-0.2, -0.15) is 5.10 Å². The van der Waals surface area contributed by atoms with Crippen molar-refractivity contribution >= 4 is 5.57 Å². The third-order valence-electron chi connectivity index (χ3n) is 2.66. The van der Waals surface area contributed by atoms with Gasteiger partial charge in [-0.3, -0.25) is 4.68 Å². The van der Waals surface area contributed by atoms with E-state index in [4.69, 9.17) is 4.74 Å². The third kappa shape index (κ3) is 1.87. The van der Waals surface area contributed by atoms with E-state index in [0.717, 1.165) is 37.2 Å². The maximum Gasteiger partial charge on any atom is 0.0564 e. The van der Waals surface area contributed by atoms with Crippen LogP contribution in [-0.4, -0.2) is 23.0 Å². The van der Waals surface area contributed by atoms with Gasteiger partial charge in [-0.05, 0) is 25.3 Å². The number of hydrogen-bond donors (Lipinski definition) is 0. The molecule has 3 heteroatoms. The molecule has 2 rings (SSSR count). The van der Waals surface area contributed by atoms with Gasteiger partial charge < -0.3 is 4.74 Å². The molecule has 1 saturated heterocycles. The largest absolute Gasteiger partial charge is 0.381 e. The van der Waals surface area contributed by atoms with E-state index >= 15 is 0 Å². The highest BCUT2D eigenvalue weighted by molar-refractivity contribution is 5.59. The molecule has 0 radical (unpaired) electrons. The first kappa shape index (κ1) is 9.46. The summed E-state index contributed by atoms with van der Waals surface area (Å²) in [4.78, 5) is 0. The predicted molar refractivity (Wildman–Crippen MR) is 56.0 cm³/mol. The molecule has 3 nitrogen and oxygen atoms in total. The van der Waals surface area contributed by atoms with Gasteiger partial charge >= 0.3 is 0 Å². The van der Waals surface area contributed by atoms with Gasteiger partial charge in [0.15, 0.2) is 0 Å². The van der Waals surface area contributed by atoms with Gasteiger partial charge in [0.2, 0.25) is 0 Å². The fraction of sp³-hybridized carbons (Fsp3) is 0.545. The average molecular weight is 192 g/mol. The molecule has 1 aromatic rings. The first-order valence-corrected chi connectivity index (χ1v) is 5.05. The lowest BCUT2D eigenvalue weighted by Gasteiger charge is -2.22. The smallest absolute Gasteiger partial charge is 0.0564 e. The molecule has 0 unspecified atom stereocenters. The van der Waals surface area contributed by atoms with E-state index in [1.54, 1.807) is 0 Å². The van der Waals surface area contributed by atoms with Crippen LogP contribution in [0.1, 0.15) is 31.4 Å². The van der Waals surface area contributed by atoms with Crippen molar-refractivity contribution in [2.45, 2.75) is 25.8 Å². The molecule has 76 valence electrons. The van der Waals surface area contributed by atoms with Gasteiger partial charge in [0, 0.05) is 25.0 Å². The molecular formula is C11H16N2O. The molecule has 0 N–H and O–H groups in total. The van der Waals surface area contributed by atoms with Crippen molar-refractivity contribution in [3.63, 3.8) is 0 Å².